The van der Waals surface area contributed by atoms with Crippen molar-refractivity contribution in [3.63, 3.8) is 0 Å². The molecule has 180 valence electrons. The number of piperidine rings is 1. The van der Waals surface area contributed by atoms with Crippen LogP contribution in [0.2, 0.25) is 0 Å². The highest BCUT2D eigenvalue weighted by atomic mass is 16.5. The Kier molecular flexibility index (Phi) is 7.98. The van der Waals surface area contributed by atoms with Crippen molar-refractivity contribution in [1.82, 2.24) is 14.5 Å². The van der Waals surface area contributed by atoms with Gasteiger partial charge >= 0.3 is 5.69 Å². The fourth-order valence-electron chi connectivity index (χ4n) is 4.92. The van der Waals surface area contributed by atoms with Crippen molar-refractivity contribution >= 4 is 22.8 Å². The van der Waals surface area contributed by atoms with Gasteiger partial charge in [0.25, 0.3) is 0 Å². The highest BCUT2D eigenvalue weighted by Gasteiger charge is 2.31. The number of benzene rings is 1. The second-order valence-corrected chi connectivity index (χ2v) is 9.20. The summed E-state index contributed by atoms with van der Waals surface area (Å²) in [6.07, 6.45) is 10.1. The molecular weight excluding hydrogens is 422 g/mol. The molecule has 8 nitrogen and oxygen atoms in total. The van der Waals surface area contributed by atoms with Crippen LogP contribution in [0.4, 0.5) is 0 Å². The van der Waals surface area contributed by atoms with Crippen molar-refractivity contribution < 1.29 is 19.1 Å². The van der Waals surface area contributed by atoms with E-state index in [1.54, 1.807) is 11.6 Å². The Morgan fingerprint density at radius 2 is 1.76 bits per heavy atom. The Morgan fingerprint density at radius 1 is 0.970 bits per heavy atom. The topological polar surface area (TPSA) is 91.6 Å². The van der Waals surface area contributed by atoms with E-state index in [2.05, 4.69) is 5.32 Å². The van der Waals surface area contributed by atoms with Crippen LogP contribution in [0.5, 0.6) is 0 Å². The number of rotatable bonds is 10. The van der Waals surface area contributed by atoms with Crippen molar-refractivity contribution in [2.75, 3.05) is 19.8 Å². The van der Waals surface area contributed by atoms with E-state index >= 15 is 0 Å². The minimum atomic E-state index is -0.653. The van der Waals surface area contributed by atoms with Crippen LogP contribution in [-0.4, -0.2) is 46.9 Å². The minimum absolute atomic E-state index is 0.240. The van der Waals surface area contributed by atoms with Gasteiger partial charge in [-0.15, -0.1) is 0 Å². The van der Waals surface area contributed by atoms with Gasteiger partial charge in [0.2, 0.25) is 11.8 Å². The van der Waals surface area contributed by atoms with Gasteiger partial charge in [-0.3, -0.25) is 24.0 Å². The second kappa shape index (κ2) is 11.1. The molecule has 1 aliphatic carbocycles. The van der Waals surface area contributed by atoms with Crippen LogP contribution in [0, 0.1) is 0 Å². The number of carbonyl (C=O) groups excluding carboxylic acids is 2. The van der Waals surface area contributed by atoms with E-state index in [0.29, 0.717) is 19.1 Å². The lowest BCUT2D eigenvalue weighted by atomic mass is 9.98. The molecule has 1 saturated carbocycles. The molecule has 1 saturated heterocycles. The normalized spacial score (nSPS) is 19.8. The molecule has 2 fully saturated rings. The average molecular weight is 458 g/mol. The zero-order valence-corrected chi connectivity index (χ0v) is 19.5. The second-order valence-electron chi connectivity index (χ2n) is 9.20. The van der Waals surface area contributed by atoms with Crippen LogP contribution in [0.25, 0.3) is 11.0 Å². The maximum atomic E-state index is 12.8. The van der Waals surface area contributed by atoms with Gasteiger partial charge in [0.1, 0.15) is 6.04 Å². The standard InChI is InChI=1S/C25H35N3O5/c1-27-22-17-18(7-5-14-32-15-6-16-33-19-8-3-2-4-9-19)10-11-20(22)28(25(27)31)21-12-13-23(29)26-24(21)30/h10-11,17,19,21H,2-9,12-16H2,1H3,(H,26,29,30). The van der Waals surface area contributed by atoms with Crippen LogP contribution in [0.1, 0.15) is 69.4 Å². The summed E-state index contributed by atoms with van der Waals surface area (Å²) in [6, 6.07) is 5.26. The Hall–Kier alpha value is -2.45. The first-order chi connectivity index (χ1) is 16.0. The number of hydrogen-bond donors (Lipinski definition) is 1. The summed E-state index contributed by atoms with van der Waals surface area (Å²) in [7, 11) is 1.72. The van der Waals surface area contributed by atoms with E-state index in [9.17, 15) is 14.4 Å². The van der Waals surface area contributed by atoms with Crippen molar-refractivity contribution in [3.8, 4) is 0 Å². The number of ether oxygens (including phenoxy) is 2. The Labute approximate surface area is 194 Å². The molecule has 1 unspecified atom stereocenters. The number of imidazole rings is 1. The van der Waals surface area contributed by atoms with Crippen molar-refractivity contribution in [2.24, 2.45) is 7.05 Å². The van der Waals surface area contributed by atoms with Crippen LogP contribution in [-0.2, 0) is 32.5 Å². The molecule has 1 atom stereocenters. The zero-order valence-electron chi connectivity index (χ0n) is 19.5. The third kappa shape index (κ3) is 5.73. The monoisotopic (exact) mass is 457 g/mol. The van der Waals surface area contributed by atoms with E-state index in [-0.39, 0.29) is 18.0 Å². The number of hydrogen-bond acceptors (Lipinski definition) is 5. The number of aryl methyl sites for hydroxylation is 2. The molecule has 8 heteroatoms. The van der Waals surface area contributed by atoms with Crippen molar-refractivity contribution in [3.05, 3.63) is 34.2 Å². The van der Waals surface area contributed by atoms with Gasteiger partial charge in [-0.2, -0.15) is 0 Å². The average Bonchev–Trinajstić information content (AvgIpc) is 3.06. The maximum Gasteiger partial charge on any atom is 0.329 e. The molecule has 0 spiro atoms. The lowest BCUT2D eigenvalue weighted by Gasteiger charge is -2.22. The molecule has 2 aliphatic rings. The van der Waals surface area contributed by atoms with E-state index < -0.39 is 11.9 Å². The number of aromatic nitrogens is 2. The SMILES string of the molecule is Cn1c(=O)n(C2CCC(=O)NC2=O)c2ccc(CCCOCCCOC3CCCCC3)cc21. The first-order valence-corrected chi connectivity index (χ1v) is 12.3. The van der Waals surface area contributed by atoms with E-state index in [4.69, 9.17) is 9.47 Å². The van der Waals surface area contributed by atoms with Gasteiger partial charge in [0.15, 0.2) is 0 Å². The minimum Gasteiger partial charge on any atom is -0.381 e. The Morgan fingerprint density at radius 3 is 2.55 bits per heavy atom. The Balaban J connectivity index is 1.25. The summed E-state index contributed by atoms with van der Waals surface area (Å²) >= 11 is 0. The first kappa shape index (κ1) is 23.7. The number of nitrogens with zero attached hydrogens (tertiary/aromatic N) is 2. The molecule has 2 aromatic rings. The van der Waals surface area contributed by atoms with Gasteiger partial charge in [0, 0.05) is 33.3 Å². The molecule has 33 heavy (non-hydrogen) atoms. The quantitative estimate of drug-likeness (QED) is 0.437. The number of fused-ring (bicyclic) bond motifs is 1. The predicted molar refractivity (Wildman–Crippen MR) is 125 cm³/mol. The number of carbonyl (C=O) groups is 2. The molecule has 4 rings (SSSR count). The largest absolute Gasteiger partial charge is 0.381 e. The van der Waals surface area contributed by atoms with E-state index in [0.717, 1.165) is 49.1 Å². The third-order valence-corrected chi connectivity index (χ3v) is 6.77. The van der Waals surface area contributed by atoms with E-state index in [1.807, 2.05) is 18.2 Å². The lowest BCUT2D eigenvalue weighted by Crippen LogP contribution is -2.44. The summed E-state index contributed by atoms with van der Waals surface area (Å²) in [5.74, 6) is -0.697. The highest BCUT2D eigenvalue weighted by Crippen LogP contribution is 2.24. The van der Waals surface area contributed by atoms with Crippen molar-refractivity contribution in [2.45, 2.75) is 76.4 Å². The molecule has 2 heterocycles. The summed E-state index contributed by atoms with van der Waals surface area (Å²) in [6.45, 7) is 2.19. The maximum absolute atomic E-state index is 12.8. The van der Waals surface area contributed by atoms with Crippen LogP contribution in [0.3, 0.4) is 0 Å². The van der Waals surface area contributed by atoms with Crippen LogP contribution in [0.15, 0.2) is 23.0 Å². The fraction of sp³-hybridized carbons (Fsp3) is 0.640. The van der Waals surface area contributed by atoms with Gasteiger partial charge in [-0.05, 0) is 56.2 Å². The van der Waals surface area contributed by atoms with Gasteiger partial charge < -0.3 is 9.47 Å². The number of nitrogens with one attached hydrogen (secondary N) is 1. The van der Waals surface area contributed by atoms with Crippen LogP contribution >= 0.6 is 0 Å². The molecule has 1 N–H and O–H groups in total. The summed E-state index contributed by atoms with van der Waals surface area (Å²) < 4.78 is 14.8. The summed E-state index contributed by atoms with van der Waals surface area (Å²) in [4.78, 5) is 36.6. The third-order valence-electron chi connectivity index (χ3n) is 6.77. The van der Waals surface area contributed by atoms with E-state index in [1.165, 1.54) is 36.7 Å². The van der Waals surface area contributed by atoms with Crippen molar-refractivity contribution in [1.29, 1.82) is 0 Å². The fourth-order valence-corrected chi connectivity index (χ4v) is 4.92. The molecule has 2 amide bonds. The summed E-state index contributed by atoms with van der Waals surface area (Å²) in [5.41, 5.74) is 2.40. The van der Waals surface area contributed by atoms with Gasteiger partial charge in [-0.25, -0.2) is 4.79 Å². The predicted octanol–water partition coefficient (Wildman–Crippen LogP) is 3.01. The first-order valence-electron chi connectivity index (χ1n) is 12.3. The van der Waals surface area contributed by atoms with Crippen LogP contribution < -0.4 is 11.0 Å². The molecule has 1 aromatic heterocycles. The molecule has 0 bridgehead atoms. The highest BCUT2D eigenvalue weighted by molar-refractivity contribution is 6.00. The smallest absolute Gasteiger partial charge is 0.329 e. The molecule has 0 radical (unpaired) electrons. The number of amides is 2. The molecular formula is C25H35N3O5. The Bertz CT molecular complexity index is 1030. The number of imide groups is 1. The zero-order chi connectivity index (χ0) is 23.2. The lowest BCUT2D eigenvalue weighted by molar-refractivity contribution is -0.135. The summed E-state index contributed by atoms with van der Waals surface area (Å²) in [5, 5.41) is 2.34. The molecule has 1 aliphatic heterocycles. The molecule has 1 aromatic carbocycles. The van der Waals surface area contributed by atoms with Gasteiger partial charge in [-0.1, -0.05) is 25.3 Å². The van der Waals surface area contributed by atoms with Gasteiger partial charge in [0.05, 0.1) is 17.1 Å².